The summed E-state index contributed by atoms with van der Waals surface area (Å²) in [6, 6.07) is 2.01. The van der Waals surface area contributed by atoms with E-state index in [1.54, 1.807) is 0 Å². The van der Waals surface area contributed by atoms with Gasteiger partial charge in [-0.2, -0.15) is 0 Å². The first-order chi connectivity index (χ1) is 8.99. The molecule has 5 nitrogen and oxygen atoms in total. The average Bonchev–Trinajstić information content (AvgIpc) is 2.33. The Hall–Kier alpha value is -1.62. The summed E-state index contributed by atoms with van der Waals surface area (Å²) in [5, 5.41) is 0. The molecule has 106 valence electrons. The maximum atomic E-state index is 11.2. The Morgan fingerprint density at radius 3 is 2.63 bits per heavy atom. The fraction of sp³-hybridized carbons (Fsp3) is 0.571. The van der Waals surface area contributed by atoms with E-state index in [1.165, 1.54) is 0 Å². The molecule has 1 heterocycles. The first-order valence-corrected chi connectivity index (χ1v) is 6.70. The Balaban J connectivity index is 3.15. The van der Waals surface area contributed by atoms with Gasteiger partial charge in [0.25, 0.3) is 0 Å². The first kappa shape index (κ1) is 15.4. The van der Waals surface area contributed by atoms with Gasteiger partial charge in [0, 0.05) is 24.3 Å². The molecule has 0 aliphatic carbocycles. The minimum atomic E-state index is -0.347. The Morgan fingerprint density at radius 1 is 1.42 bits per heavy atom. The van der Waals surface area contributed by atoms with Crippen LogP contribution in [0.1, 0.15) is 36.6 Å². The van der Waals surface area contributed by atoms with Crippen LogP contribution in [-0.4, -0.2) is 24.0 Å². The average molecular weight is 264 g/mol. The van der Waals surface area contributed by atoms with Gasteiger partial charge in [0.05, 0.1) is 6.54 Å². The summed E-state index contributed by atoms with van der Waals surface area (Å²) in [5.74, 6) is 0.451. The molecule has 0 unspecified atom stereocenters. The number of aromatic nitrogens is 1. The van der Waals surface area contributed by atoms with Crippen LogP contribution in [0.15, 0.2) is 6.07 Å². The van der Waals surface area contributed by atoms with E-state index in [4.69, 9.17) is 11.5 Å². The normalized spacial score (nSPS) is 10.5. The van der Waals surface area contributed by atoms with E-state index >= 15 is 0 Å². The molecule has 0 fully saturated rings. The van der Waals surface area contributed by atoms with Crippen molar-refractivity contribution in [2.45, 2.75) is 40.2 Å². The fourth-order valence-corrected chi connectivity index (χ4v) is 2.15. The molecule has 19 heavy (non-hydrogen) atoms. The Kier molecular flexibility index (Phi) is 5.76. The third-order valence-corrected chi connectivity index (χ3v) is 3.09. The van der Waals surface area contributed by atoms with E-state index in [1.807, 2.05) is 24.8 Å². The predicted molar refractivity (Wildman–Crippen MR) is 77.9 cm³/mol. The van der Waals surface area contributed by atoms with E-state index in [-0.39, 0.29) is 12.5 Å². The number of amides is 1. The van der Waals surface area contributed by atoms with Gasteiger partial charge in [-0.25, -0.2) is 4.98 Å². The number of anilines is 1. The monoisotopic (exact) mass is 264 g/mol. The highest BCUT2D eigenvalue weighted by Crippen LogP contribution is 2.22. The van der Waals surface area contributed by atoms with Crippen LogP contribution in [0.4, 0.5) is 5.82 Å². The Bertz CT molecular complexity index is 445. The number of primary amides is 1. The molecule has 1 aromatic rings. The van der Waals surface area contributed by atoms with Gasteiger partial charge in [-0.15, -0.1) is 0 Å². The lowest BCUT2D eigenvalue weighted by Gasteiger charge is -2.25. The van der Waals surface area contributed by atoms with Gasteiger partial charge >= 0.3 is 0 Å². The van der Waals surface area contributed by atoms with Crippen molar-refractivity contribution < 1.29 is 4.79 Å². The zero-order valence-corrected chi connectivity index (χ0v) is 12.1. The van der Waals surface area contributed by atoms with Crippen LogP contribution < -0.4 is 16.4 Å². The smallest absolute Gasteiger partial charge is 0.236 e. The molecule has 0 aromatic carbocycles. The van der Waals surface area contributed by atoms with Gasteiger partial charge in [-0.3, -0.25) is 4.79 Å². The molecular formula is C14H24N4O. The van der Waals surface area contributed by atoms with Crippen LogP contribution in [0.25, 0.3) is 0 Å². The van der Waals surface area contributed by atoms with Crippen LogP contribution >= 0.6 is 0 Å². The number of unbranched alkanes of at least 4 members (excludes halogenated alkanes) is 1. The quantitative estimate of drug-likeness (QED) is 0.776. The van der Waals surface area contributed by atoms with Crippen molar-refractivity contribution in [3.8, 4) is 0 Å². The van der Waals surface area contributed by atoms with Gasteiger partial charge in [0.1, 0.15) is 5.82 Å². The highest BCUT2D eigenvalue weighted by atomic mass is 16.1. The van der Waals surface area contributed by atoms with Crippen molar-refractivity contribution in [2.24, 2.45) is 11.5 Å². The summed E-state index contributed by atoms with van der Waals surface area (Å²) in [4.78, 5) is 17.7. The molecule has 1 rings (SSSR count). The van der Waals surface area contributed by atoms with Gasteiger partial charge < -0.3 is 16.4 Å². The van der Waals surface area contributed by atoms with Gasteiger partial charge in [0.15, 0.2) is 0 Å². The molecule has 1 amide bonds. The molecule has 0 aliphatic heterocycles. The van der Waals surface area contributed by atoms with Crippen LogP contribution in [0, 0.1) is 13.8 Å². The second-order valence-electron chi connectivity index (χ2n) is 4.83. The summed E-state index contributed by atoms with van der Waals surface area (Å²) < 4.78 is 0. The lowest BCUT2D eigenvalue weighted by molar-refractivity contribution is -0.116. The van der Waals surface area contributed by atoms with Gasteiger partial charge in [-0.1, -0.05) is 13.3 Å². The molecule has 0 aliphatic rings. The zero-order valence-electron chi connectivity index (χ0n) is 12.1. The van der Waals surface area contributed by atoms with Crippen molar-refractivity contribution in [2.75, 3.05) is 18.0 Å². The zero-order chi connectivity index (χ0) is 14.4. The van der Waals surface area contributed by atoms with E-state index in [0.29, 0.717) is 6.54 Å². The van der Waals surface area contributed by atoms with Crippen molar-refractivity contribution in [1.29, 1.82) is 0 Å². The van der Waals surface area contributed by atoms with Crippen LogP contribution in [0.5, 0.6) is 0 Å². The largest absolute Gasteiger partial charge is 0.368 e. The van der Waals surface area contributed by atoms with E-state index in [0.717, 1.165) is 42.0 Å². The number of nitrogens with two attached hydrogens (primary N) is 2. The number of rotatable bonds is 7. The molecule has 0 spiro atoms. The first-order valence-electron chi connectivity index (χ1n) is 6.70. The number of carbonyl (C=O) groups excluding carboxylic acids is 1. The number of hydrogen-bond donors (Lipinski definition) is 2. The third-order valence-electron chi connectivity index (χ3n) is 3.09. The summed E-state index contributed by atoms with van der Waals surface area (Å²) >= 11 is 0. The van der Waals surface area contributed by atoms with Crippen molar-refractivity contribution in [1.82, 2.24) is 4.98 Å². The van der Waals surface area contributed by atoms with Crippen molar-refractivity contribution in [3.05, 3.63) is 22.9 Å². The fourth-order valence-electron chi connectivity index (χ4n) is 2.15. The van der Waals surface area contributed by atoms with E-state index < -0.39 is 0 Å². The molecule has 1 aromatic heterocycles. The number of carbonyl (C=O) groups is 1. The molecule has 0 radical (unpaired) electrons. The lowest BCUT2D eigenvalue weighted by Crippen LogP contribution is -2.36. The summed E-state index contributed by atoms with van der Waals surface area (Å²) in [6.07, 6.45) is 2.05. The Labute approximate surface area is 115 Å². The van der Waals surface area contributed by atoms with E-state index in [2.05, 4.69) is 11.9 Å². The topological polar surface area (TPSA) is 85.2 Å². The molecule has 0 atom stereocenters. The molecule has 0 saturated heterocycles. The maximum Gasteiger partial charge on any atom is 0.236 e. The second-order valence-corrected chi connectivity index (χ2v) is 4.83. The van der Waals surface area contributed by atoms with Crippen molar-refractivity contribution >= 4 is 11.7 Å². The number of aryl methyl sites for hydroxylation is 2. The SMILES string of the molecule is CCCCN(CC(N)=O)c1nc(C)cc(C)c1CN. The number of pyridine rings is 1. The lowest BCUT2D eigenvalue weighted by atomic mass is 10.1. The number of hydrogen-bond acceptors (Lipinski definition) is 4. The minimum Gasteiger partial charge on any atom is -0.368 e. The predicted octanol–water partition coefficient (Wildman–Crippen LogP) is 1.25. The molecular weight excluding hydrogens is 240 g/mol. The molecule has 4 N–H and O–H groups in total. The third kappa shape index (κ3) is 4.21. The summed E-state index contributed by atoms with van der Waals surface area (Å²) in [5.41, 5.74) is 14.2. The standard InChI is InChI=1S/C14H24N4O/c1-4-5-6-18(9-13(16)19)14-12(8-15)10(2)7-11(3)17-14/h7H,4-6,8-9,15H2,1-3H3,(H2,16,19). The highest BCUT2D eigenvalue weighted by molar-refractivity contribution is 5.79. The number of nitrogens with zero attached hydrogens (tertiary/aromatic N) is 2. The van der Waals surface area contributed by atoms with E-state index in [9.17, 15) is 4.79 Å². The van der Waals surface area contributed by atoms with Crippen LogP contribution in [0.3, 0.4) is 0 Å². The summed E-state index contributed by atoms with van der Waals surface area (Å²) in [7, 11) is 0. The van der Waals surface area contributed by atoms with Crippen LogP contribution in [-0.2, 0) is 11.3 Å². The Morgan fingerprint density at radius 2 is 2.11 bits per heavy atom. The highest BCUT2D eigenvalue weighted by Gasteiger charge is 2.16. The van der Waals surface area contributed by atoms with Gasteiger partial charge in [0.2, 0.25) is 5.91 Å². The minimum absolute atomic E-state index is 0.183. The van der Waals surface area contributed by atoms with Crippen molar-refractivity contribution in [3.63, 3.8) is 0 Å². The van der Waals surface area contributed by atoms with Crippen LogP contribution in [0.2, 0.25) is 0 Å². The maximum absolute atomic E-state index is 11.2. The second kappa shape index (κ2) is 7.09. The molecule has 0 bridgehead atoms. The van der Waals surface area contributed by atoms with Gasteiger partial charge in [-0.05, 0) is 31.9 Å². The molecule has 0 saturated carbocycles. The summed E-state index contributed by atoms with van der Waals surface area (Å²) in [6.45, 7) is 7.43. The molecule has 5 heteroatoms.